The first-order chi connectivity index (χ1) is 15.8. The van der Waals surface area contributed by atoms with E-state index >= 15 is 0 Å². The smallest absolute Gasteiger partial charge is 0.333 e. The van der Waals surface area contributed by atoms with Gasteiger partial charge in [0.25, 0.3) is 0 Å². The predicted octanol–water partition coefficient (Wildman–Crippen LogP) is 3.22. The van der Waals surface area contributed by atoms with Crippen LogP contribution in [0.15, 0.2) is 46.8 Å². The normalized spacial score (nSPS) is 17.0. The molecule has 12 heteroatoms. The summed E-state index contributed by atoms with van der Waals surface area (Å²) < 4.78 is 53.6. The van der Waals surface area contributed by atoms with Crippen molar-refractivity contribution in [1.82, 2.24) is 24.4 Å². The molecule has 1 saturated heterocycles. The summed E-state index contributed by atoms with van der Waals surface area (Å²) in [5, 5.41) is 9.10. The fraction of sp³-hybridized carbons (Fsp3) is 0.381. The largest absolute Gasteiger partial charge is 0.354 e. The number of carbonyl (C=O) groups excluding carboxylic acids is 1. The van der Waals surface area contributed by atoms with Gasteiger partial charge in [0.1, 0.15) is 15.9 Å². The Morgan fingerprint density at radius 3 is 2.76 bits per heavy atom. The van der Waals surface area contributed by atoms with Crippen molar-refractivity contribution in [1.29, 1.82) is 0 Å². The van der Waals surface area contributed by atoms with Crippen molar-refractivity contribution in [3.8, 4) is 10.6 Å². The van der Waals surface area contributed by atoms with E-state index in [1.54, 1.807) is 0 Å². The number of nitrogens with one attached hydrogen (secondary N) is 1. The van der Waals surface area contributed by atoms with Crippen molar-refractivity contribution in [3.05, 3.63) is 53.3 Å². The van der Waals surface area contributed by atoms with Gasteiger partial charge in [-0.3, -0.25) is 4.79 Å². The zero-order valence-electron chi connectivity index (χ0n) is 17.8. The minimum absolute atomic E-state index is 0.145. The Bertz CT molecular complexity index is 1230. The molecule has 0 radical (unpaired) electrons. The van der Waals surface area contributed by atoms with Crippen LogP contribution in [0, 0.1) is 6.92 Å². The summed E-state index contributed by atoms with van der Waals surface area (Å²) in [6, 6.07) is 8.89. The lowest BCUT2D eigenvalue weighted by Gasteiger charge is -2.23. The lowest BCUT2D eigenvalue weighted by atomic mass is 10.2. The average molecular weight is 496 g/mol. The Morgan fingerprint density at radius 2 is 2.06 bits per heavy atom. The summed E-state index contributed by atoms with van der Waals surface area (Å²) in [5.41, 5.74) is 1.70. The maximum atomic E-state index is 13.1. The monoisotopic (exact) mass is 495 g/mol. The number of rotatable bonds is 8. The van der Waals surface area contributed by atoms with Gasteiger partial charge >= 0.3 is 6.55 Å². The van der Waals surface area contributed by atoms with Gasteiger partial charge in [0, 0.05) is 30.5 Å². The first-order valence-electron chi connectivity index (χ1n) is 10.4. The van der Waals surface area contributed by atoms with Gasteiger partial charge in [-0.2, -0.15) is 18.2 Å². The maximum Gasteiger partial charge on any atom is 0.333 e. The number of alkyl halides is 2. The number of halogens is 2. The third-order valence-electron chi connectivity index (χ3n) is 5.53. The highest BCUT2D eigenvalue weighted by Crippen LogP contribution is 2.29. The molecule has 0 saturated carbocycles. The van der Waals surface area contributed by atoms with Crippen LogP contribution in [0.4, 0.5) is 8.78 Å². The topological polar surface area (TPSA) is 97.2 Å². The predicted molar refractivity (Wildman–Crippen MR) is 119 cm³/mol. The van der Waals surface area contributed by atoms with Crippen LogP contribution in [0.3, 0.4) is 0 Å². The molecule has 8 nitrogen and oxygen atoms in total. The van der Waals surface area contributed by atoms with Gasteiger partial charge in [-0.15, -0.1) is 11.3 Å². The van der Waals surface area contributed by atoms with E-state index in [0.717, 1.165) is 26.8 Å². The molecule has 1 fully saturated rings. The lowest BCUT2D eigenvalue weighted by molar-refractivity contribution is -0.124. The molecule has 0 aliphatic carbocycles. The van der Waals surface area contributed by atoms with Gasteiger partial charge in [0.05, 0.1) is 17.6 Å². The zero-order chi connectivity index (χ0) is 23.6. The first-order valence-corrected chi connectivity index (χ1v) is 12.7. The molecule has 4 rings (SSSR count). The molecule has 176 valence electrons. The maximum absolute atomic E-state index is 13.1. The van der Waals surface area contributed by atoms with Gasteiger partial charge < -0.3 is 5.32 Å². The average Bonchev–Trinajstić information content (AvgIpc) is 3.54. The SMILES string of the molecule is Cc1c(S(=O)(=O)N2CCC[C@@H]2C(=O)NCCc2csc(-c3ccccc3)n2)cnn1C(F)F. The summed E-state index contributed by atoms with van der Waals surface area (Å²) in [7, 11) is -4.14. The van der Waals surface area contributed by atoms with Crippen molar-refractivity contribution in [2.45, 2.75) is 43.7 Å². The molecule has 0 bridgehead atoms. The quantitative estimate of drug-likeness (QED) is 0.518. The van der Waals surface area contributed by atoms with Crippen LogP contribution >= 0.6 is 11.3 Å². The van der Waals surface area contributed by atoms with Crippen LogP contribution in [0.1, 0.15) is 30.8 Å². The number of benzene rings is 1. The number of hydrogen-bond acceptors (Lipinski definition) is 6. The Hall–Kier alpha value is -2.70. The minimum atomic E-state index is -4.14. The highest BCUT2D eigenvalue weighted by atomic mass is 32.2. The molecule has 0 unspecified atom stereocenters. The van der Waals surface area contributed by atoms with Crippen molar-refractivity contribution < 1.29 is 22.0 Å². The molecule has 1 amide bonds. The number of amides is 1. The molecule has 3 aromatic rings. The Balaban J connectivity index is 1.39. The number of hydrogen-bond donors (Lipinski definition) is 1. The molecule has 1 aromatic carbocycles. The van der Waals surface area contributed by atoms with E-state index in [-0.39, 0.29) is 17.1 Å². The van der Waals surface area contributed by atoms with Crippen LogP contribution in [-0.2, 0) is 21.2 Å². The van der Waals surface area contributed by atoms with Crippen molar-refractivity contribution >= 4 is 27.3 Å². The number of thiazole rings is 1. The van der Waals surface area contributed by atoms with Crippen molar-refractivity contribution in [2.24, 2.45) is 0 Å². The molecule has 33 heavy (non-hydrogen) atoms. The summed E-state index contributed by atoms with van der Waals surface area (Å²) in [6.45, 7) is -1.22. The van der Waals surface area contributed by atoms with E-state index in [9.17, 15) is 22.0 Å². The van der Waals surface area contributed by atoms with E-state index in [4.69, 9.17) is 0 Å². The second kappa shape index (κ2) is 9.65. The number of nitrogens with zero attached hydrogens (tertiary/aromatic N) is 4. The third-order valence-corrected chi connectivity index (χ3v) is 8.48. The second-order valence-electron chi connectivity index (χ2n) is 7.64. The molecule has 1 N–H and O–H groups in total. The van der Waals surface area contributed by atoms with Gasteiger partial charge in [0.15, 0.2) is 0 Å². The fourth-order valence-corrected chi connectivity index (χ4v) is 6.51. The van der Waals surface area contributed by atoms with Gasteiger partial charge in [-0.25, -0.2) is 18.1 Å². The van der Waals surface area contributed by atoms with Gasteiger partial charge in [-0.05, 0) is 19.8 Å². The summed E-state index contributed by atoms with van der Waals surface area (Å²) in [5.74, 6) is -0.409. The Kier molecular flexibility index (Phi) is 6.86. The molecule has 3 heterocycles. The molecular weight excluding hydrogens is 472 g/mol. The molecule has 1 aliphatic heterocycles. The highest BCUT2D eigenvalue weighted by molar-refractivity contribution is 7.89. The van der Waals surface area contributed by atoms with Crippen molar-refractivity contribution in [2.75, 3.05) is 13.1 Å². The first kappa shape index (κ1) is 23.5. The lowest BCUT2D eigenvalue weighted by Crippen LogP contribution is -2.46. The van der Waals surface area contributed by atoms with E-state index in [1.165, 1.54) is 18.3 Å². The van der Waals surface area contributed by atoms with E-state index in [0.29, 0.717) is 30.5 Å². The van der Waals surface area contributed by atoms with E-state index < -0.39 is 28.5 Å². The van der Waals surface area contributed by atoms with E-state index in [2.05, 4.69) is 15.4 Å². The molecule has 0 spiro atoms. The Labute approximate surface area is 194 Å². The number of carbonyl (C=O) groups is 1. The number of sulfonamides is 1. The van der Waals surface area contributed by atoms with Crippen LogP contribution < -0.4 is 5.32 Å². The Morgan fingerprint density at radius 1 is 1.30 bits per heavy atom. The fourth-order valence-electron chi connectivity index (χ4n) is 3.84. The standard InChI is InChI=1S/C21H23F2N5O3S2/c1-14-18(12-25-28(14)21(22)23)33(30,31)27-11-5-8-17(27)19(29)24-10-9-16-13-32-20(26-16)15-6-3-2-4-7-15/h2-4,6-7,12-13,17,21H,5,8-11H2,1H3,(H,24,29)/t17-/m1/s1. The minimum Gasteiger partial charge on any atom is -0.354 e. The van der Waals surface area contributed by atoms with E-state index in [1.807, 2.05) is 35.7 Å². The number of aromatic nitrogens is 3. The van der Waals surface area contributed by atoms with Crippen LogP contribution in [0.5, 0.6) is 0 Å². The second-order valence-corrected chi connectivity index (χ2v) is 10.4. The summed E-state index contributed by atoms with van der Waals surface area (Å²) in [4.78, 5) is 17.1. The van der Waals surface area contributed by atoms with Crippen LogP contribution in [0.25, 0.3) is 10.6 Å². The molecular formula is C21H23F2N5O3S2. The third kappa shape index (κ3) is 4.82. The summed E-state index contributed by atoms with van der Waals surface area (Å²) >= 11 is 1.52. The molecule has 1 atom stereocenters. The van der Waals surface area contributed by atoms with Crippen LogP contribution in [0.2, 0.25) is 0 Å². The zero-order valence-corrected chi connectivity index (χ0v) is 19.5. The van der Waals surface area contributed by atoms with Crippen molar-refractivity contribution in [3.63, 3.8) is 0 Å². The van der Waals surface area contributed by atoms with Gasteiger partial charge in [-0.1, -0.05) is 30.3 Å². The molecule has 2 aromatic heterocycles. The molecule has 1 aliphatic rings. The van der Waals surface area contributed by atoms with Gasteiger partial charge in [0.2, 0.25) is 15.9 Å². The summed E-state index contributed by atoms with van der Waals surface area (Å²) in [6.07, 6.45) is 2.29. The van der Waals surface area contributed by atoms with Crippen LogP contribution in [-0.4, -0.2) is 52.5 Å². The highest BCUT2D eigenvalue weighted by Gasteiger charge is 2.41.